The highest BCUT2D eigenvalue weighted by Crippen LogP contribution is 2.31. The van der Waals surface area contributed by atoms with Crippen molar-refractivity contribution in [2.75, 3.05) is 13.1 Å². The van der Waals surface area contributed by atoms with Crippen LogP contribution in [0.15, 0.2) is 18.2 Å². The molecule has 9 heteroatoms. The number of hydrazine groups is 1. The molecule has 2 saturated heterocycles. The van der Waals surface area contributed by atoms with Crippen LogP contribution in [-0.2, 0) is 9.59 Å². The average molecular weight is 378 g/mol. The van der Waals surface area contributed by atoms with E-state index in [1.165, 1.54) is 17.4 Å². The van der Waals surface area contributed by atoms with Crippen LogP contribution >= 0.6 is 11.3 Å². The highest BCUT2D eigenvalue weighted by Gasteiger charge is 2.31. The van der Waals surface area contributed by atoms with Crippen LogP contribution in [0.4, 0.5) is 4.39 Å². The fraction of sp³-hybridized carbons (Fsp3) is 0.471. The van der Waals surface area contributed by atoms with Crippen LogP contribution < -0.4 is 15.6 Å². The van der Waals surface area contributed by atoms with Crippen molar-refractivity contribution in [2.45, 2.75) is 37.8 Å². The Hall–Kier alpha value is -2.26. The van der Waals surface area contributed by atoms with E-state index in [0.717, 1.165) is 4.70 Å². The van der Waals surface area contributed by atoms with E-state index in [0.29, 0.717) is 49.5 Å². The largest absolute Gasteiger partial charge is 0.467 e. The lowest BCUT2D eigenvalue weighted by Crippen LogP contribution is -2.57. The van der Waals surface area contributed by atoms with Gasteiger partial charge in [0.1, 0.15) is 23.5 Å². The predicted molar refractivity (Wildman–Crippen MR) is 94.1 cm³/mol. The van der Waals surface area contributed by atoms with Gasteiger partial charge >= 0.3 is 0 Å². The van der Waals surface area contributed by atoms with Crippen molar-refractivity contribution >= 4 is 33.4 Å². The molecule has 2 aliphatic heterocycles. The maximum atomic E-state index is 13.7. The number of likely N-dealkylation sites (tertiary alicyclic amines) is 1. The number of nitrogens with zero attached hydrogens (tertiary/aromatic N) is 2. The van der Waals surface area contributed by atoms with E-state index in [4.69, 9.17) is 4.74 Å². The lowest BCUT2D eigenvalue weighted by Gasteiger charge is -2.35. The summed E-state index contributed by atoms with van der Waals surface area (Å²) >= 11 is 1.33. The molecular weight excluding hydrogens is 359 g/mol. The average Bonchev–Trinajstić information content (AvgIpc) is 3.06. The maximum absolute atomic E-state index is 13.7. The Labute approximate surface area is 153 Å². The number of carbonyl (C=O) groups is 2. The summed E-state index contributed by atoms with van der Waals surface area (Å²) < 4.78 is 20.4. The molecule has 1 aromatic carbocycles. The van der Waals surface area contributed by atoms with Gasteiger partial charge in [-0.1, -0.05) is 17.4 Å². The molecule has 0 spiro atoms. The van der Waals surface area contributed by atoms with Gasteiger partial charge in [-0.3, -0.25) is 15.0 Å². The van der Waals surface area contributed by atoms with E-state index in [-0.39, 0.29) is 29.8 Å². The van der Waals surface area contributed by atoms with Gasteiger partial charge in [-0.2, -0.15) is 4.98 Å². The summed E-state index contributed by atoms with van der Waals surface area (Å²) in [5.74, 6) is -0.431. The van der Waals surface area contributed by atoms with Gasteiger partial charge in [0.05, 0.1) is 4.70 Å². The number of piperidine rings is 1. The molecule has 0 bridgehead atoms. The first kappa shape index (κ1) is 17.2. The van der Waals surface area contributed by atoms with Gasteiger partial charge < -0.3 is 9.64 Å². The van der Waals surface area contributed by atoms with Crippen molar-refractivity contribution in [3.05, 3.63) is 24.0 Å². The summed E-state index contributed by atoms with van der Waals surface area (Å²) in [5, 5.41) is 0.464. The minimum Gasteiger partial charge on any atom is -0.467 e. The lowest BCUT2D eigenvalue weighted by molar-refractivity contribution is -0.137. The summed E-state index contributed by atoms with van der Waals surface area (Å²) in [7, 11) is 0. The van der Waals surface area contributed by atoms with E-state index in [9.17, 15) is 14.0 Å². The molecule has 2 aromatic rings. The van der Waals surface area contributed by atoms with Crippen LogP contribution in [0, 0.1) is 5.82 Å². The number of hydrogen-bond donors (Lipinski definition) is 2. The minimum absolute atomic E-state index is 0.00510. The van der Waals surface area contributed by atoms with Crippen LogP contribution in [0.2, 0.25) is 0 Å². The molecule has 2 aliphatic rings. The number of thiazole rings is 1. The predicted octanol–water partition coefficient (Wildman–Crippen LogP) is 1.59. The molecule has 1 atom stereocenters. The summed E-state index contributed by atoms with van der Waals surface area (Å²) in [6, 6.07) is 4.50. The number of rotatable bonds is 3. The lowest BCUT2D eigenvalue weighted by atomic mass is 10.0. The zero-order valence-corrected chi connectivity index (χ0v) is 14.9. The number of ether oxygens (including phenoxy) is 1. The van der Waals surface area contributed by atoms with Crippen LogP contribution in [0.25, 0.3) is 10.2 Å². The van der Waals surface area contributed by atoms with Crippen LogP contribution in [-0.4, -0.2) is 46.9 Å². The summed E-state index contributed by atoms with van der Waals surface area (Å²) in [5.41, 5.74) is 5.62. The molecule has 0 aliphatic carbocycles. The van der Waals surface area contributed by atoms with Crippen molar-refractivity contribution in [1.82, 2.24) is 20.7 Å². The number of para-hydroxylation sites is 1. The van der Waals surface area contributed by atoms with Gasteiger partial charge in [0.25, 0.3) is 5.19 Å². The Morgan fingerprint density at radius 2 is 2.12 bits per heavy atom. The SMILES string of the molecule is O=C1CCC(C(=O)N2CCC(Oc3nc4c(F)cccc4s3)CC2)NN1. The molecule has 138 valence electrons. The molecule has 2 amide bonds. The number of carbonyl (C=O) groups excluding carboxylic acids is 2. The number of hydrogen-bond acceptors (Lipinski definition) is 6. The third-order valence-corrected chi connectivity index (χ3v) is 5.63. The molecule has 4 rings (SSSR count). The van der Waals surface area contributed by atoms with E-state index in [1.54, 1.807) is 11.0 Å². The highest BCUT2D eigenvalue weighted by molar-refractivity contribution is 7.20. The minimum atomic E-state index is -0.364. The van der Waals surface area contributed by atoms with Gasteiger partial charge in [-0.05, 0) is 18.6 Å². The molecule has 3 heterocycles. The molecular formula is C17H19FN4O3S. The molecule has 7 nitrogen and oxygen atoms in total. The van der Waals surface area contributed by atoms with Crippen molar-refractivity contribution < 1.29 is 18.7 Å². The first-order valence-electron chi connectivity index (χ1n) is 8.65. The number of amides is 2. The Kier molecular flexibility index (Phi) is 4.73. The van der Waals surface area contributed by atoms with Crippen LogP contribution in [0.5, 0.6) is 5.19 Å². The first-order valence-corrected chi connectivity index (χ1v) is 9.46. The van der Waals surface area contributed by atoms with Gasteiger partial charge in [-0.25, -0.2) is 9.82 Å². The second kappa shape index (κ2) is 7.16. The normalized spacial score (nSPS) is 21.7. The Morgan fingerprint density at radius 1 is 1.31 bits per heavy atom. The standard InChI is InChI=1S/C17H19FN4O3S/c18-11-2-1-3-13-15(11)19-17(26-13)25-10-6-8-22(9-7-10)16(24)12-4-5-14(23)21-20-12/h1-3,10,12,20H,4-9H2,(H,21,23). The second-order valence-electron chi connectivity index (χ2n) is 6.49. The number of halogens is 1. The smallest absolute Gasteiger partial charge is 0.274 e. The molecule has 1 aromatic heterocycles. The van der Waals surface area contributed by atoms with E-state index in [1.807, 2.05) is 6.07 Å². The number of nitrogens with one attached hydrogen (secondary N) is 2. The summed E-state index contributed by atoms with van der Waals surface area (Å²) in [6.07, 6.45) is 2.23. The molecule has 1 unspecified atom stereocenters. The maximum Gasteiger partial charge on any atom is 0.274 e. The van der Waals surface area contributed by atoms with Crippen LogP contribution in [0.1, 0.15) is 25.7 Å². The third-order valence-electron chi connectivity index (χ3n) is 4.72. The number of fused-ring (bicyclic) bond motifs is 1. The molecule has 0 saturated carbocycles. The number of benzene rings is 1. The fourth-order valence-corrected chi connectivity index (χ4v) is 4.16. The molecule has 26 heavy (non-hydrogen) atoms. The first-order chi connectivity index (χ1) is 12.6. The van der Waals surface area contributed by atoms with Crippen molar-refractivity contribution in [2.24, 2.45) is 0 Å². The summed E-state index contributed by atoms with van der Waals surface area (Å²) in [4.78, 5) is 29.7. The zero-order valence-electron chi connectivity index (χ0n) is 14.0. The quantitative estimate of drug-likeness (QED) is 0.848. The van der Waals surface area contributed by atoms with Gasteiger partial charge in [0, 0.05) is 32.4 Å². The van der Waals surface area contributed by atoms with Crippen molar-refractivity contribution in [3.63, 3.8) is 0 Å². The van der Waals surface area contributed by atoms with Crippen LogP contribution in [0.3, 0.4) is 0 Å². The Morgan fingerprint density at radius 3 is 2.81 bits per heavy atom. The van der Waals surface area contributed by atoms with E-state index < -0.39 is 0 Å². The Balaban J connectivity index is 1.32. The molecule has 2 fully saturated rings. The number of aromatic nitrogens is 1. The summed E-state index contributed by atoms with van der Waals surface area (Å²) in [6.45, 7) is 1.18. The zero-order chi connectivity index (χ0) is 18.1. The highest BCUT2D eigenvalue weighted by atomic mass is 32.1. The van der Waals surface area contributed by atoms with Gasteiger partial charge in [0.2, 0.25) is 11.8 Å². The van der Waals surface area contributed by atoms with E-state index in [2.05, 4.69) is 15.8 Å². The van der Waals surface area contributed by atoms with E-state index >= 15 is 0 Å². The molecule has 0 radical (unpaired) electrons. The molecule has 2 N–H and O–H groups in total. The Bertz CT molecular complexity index is 825. The fourth-order valence-electron chi connectivity index (χ4n) is 3.26. The van der Waals surface area contributed by atoms with Gasteiger partial charge in [-0.15, -0.1) is 0 Å². The monoisotopic (exact) mass is 378 g/mol. The topological polar surface area (TPSA) is 83.6 Å². The van der Waals surface area contributed by atoms with Gasteiger partial charge in [0.15, 0.2) is 0 Å². The van der Waals surface area contributed by atoms with Crippen molar-refractivity contribution in [3.8, 4) is 5.19 Å². The second-order valence-corrected chi connectivity index (χ2v) is 7.49. The third kappa shape index (κ3) is 3.49. The van der Waals surface area contributed by atoms with Crippen molar-refractivity contribution in [1.29, 1.82) is 0 Å².